The molecule has 0 amide bonds. The minimum atomic E-state index is -3.77. The molecule has 138 valence electrons. The number of halogens is 1. The van der Waals surface area contributed by atoms with Gasteiger partial charge in [0.05, 0.1) is 11.1 Å². The molecule has 0 saturated heterocycles. The first-order valence-corrected chi connectivity index (χ1v) is 9.54. The highest BCUT2D eigenvalue weighted by Crippen LogP contribution is 2.24. The van der Waals surface area contributed by atoms with Crippen LogP contribution in [0.2, 0.25) is 0 Å². The highest BCUT2D eigenvalue weighted by Gasteiger charge is 2.13. The molecule has 1 aromatic carbocycles. The van der Waals surface area contributed by atoms with Gasteiger partial charge >= 0.3 is 0 Å². The van der Waals surface area contributed by atoms with E-state index in [1.54, 1.807) is 19.1 Å². The largest absolute Gasteiger partial charge is 0.276 e. The molecule has 0 spiro atoms. The fourth-order valence-corrected chi connectivity index (χ4v) is 3.22. The molecule has 0 bridgehead atoms. The van der Waals surface area contributed by atoms with Gasteiger partial charge < -0.3 is 0 Å². The van der Waals surface area contributed by atoms with Crippen LogP contribution < -0.4 is 4.83 Å². The fraction of sp³-hybridized carbons (Fsp3) is 0.105. The highest BCUT2D eigenvalue weighted by atomic mass is 32.2. The summed E-state index contributed by atoms with van der Waals surface area (Å²) in [6.07, 6.45) is 5.85. The lowest BCUT2D eigenvalue weighted by Crippen LogP contribution is -2.18. The summed E-state index contributed by atoms with van der Waals surface area (Å²) in [5, 5.41) is 3.81. The predicted molar refractivity (Wildman–Crippen MR) is 101 cm³/mol. The van der Waals surface area contributed by atoms with Crippen LogP contribution >= 0.6 is 0 Å². The first kappa shape index (κ1) is 18.7. The molecule has 2 aromatic heterocycles. The Kier molecular flexibility index (Phi) is 5.27. The number of aromatic nitrogens is 2. The van der Waals surface area contributed by atoms with Gasteiger partial charge in [-0.1, -0.05) is 17.7 Å². The van der Waals surface area contributed by atoms with Crippen LogP contribution in [0.1, 0.15) is 16.7 Å². The second-order valence-corrected chi connectivity index (χ2v) is 7.56. The molecule has 8 heteroatoms. The number of nitrogens with one attached hydrogen (secondary N) is 1. The summed E-state index contributed by atoms with van der Waals surface area (Å²) < 4.78 is 38.5. The summed E-state index contributed by atoms with van der Waals surface area (Å²) in [6, 6.07) is 9.24. The van der Waals surface area contributed by atoms with Gasteiger partial charge in [0.1, 0.15) is 11.5 Å². The minimum absolute atomic E-state index is 0.115. The van der Waals surface area contributed by atoms with Gasteiger partial charge in [-0.05, 0) is 43.7 Å². The third-order valence-corrected chi connectivity index (χ3v) is 5.21. The van der Waals surface area contributed by atoms with Gasteiger partial charge in [-0.2, -0.15) is 13.5 Å². The van der Waals surface area contributed by atoms with Gasteiger partial charge in [-0.25, -0.2) is 9.22 Å². The van der Waals surface area contributed by atoms with Crippen molar-refractivity contribution in [2.45, 2.75) is 18.7 Å². The van der Waals surface area contributed by atoms with Gasteiger partial charge in [0, 0.05) is 29.7 Å². The molecule has 0 aliphatic heterocycles. The van der Waals surface area contributed by atoms with Crippen LogP contribution in [-0.4, -0.2) is 24.6 Å². The highest BCUT2D eigenvalue weighted by molar-refractivity contribution is 7.89. The molecule has 1 N–H and O–H groups in total. The van der Waals surface area contributed by atoms with Gasteiger partial charge in [0.25, 0.3) is 10.0 Å². The summed E-state index contributed by atoms with van der Waals surface area (Å²) >= 11 is 0. The summed E-state index contributed by atoms with van der Waals surface area (Å²) in [5.41, 5.74) is 2.87. The predicted octanol–water partition coefficient (Wildman–Crippen LogP) is 3.21. The number of sulfonamides is 1. The van der Waals surface area contributed by atoms with Crippen molar-refractivity contribution in [2.75, 3.05) is 0 Å². The van der Waals surface area contributed by atoms with E-state index < -0.39 is 15.8 Å². The Morgan fingerprint density at radius 3 is 2.56 bits per heavy atom. The van der Waals surface area contributed by atoms with Crippen LogP contribution in [-0.2, 0) is 10.0 Å². The Morgan fingerprint density at radius 1 is 1.11 bits per heavy atom. The van der Waals surface area contributed by atoms with Crippen molar-refractivity contribution in [3.8, 4) is 11.3 Å². The van der Waals surface area contributed by atoms with Gasteiger partial charge in [-0.15, -0.1) is 0 Å². The first-order valence-electron chi connectivity index (χ1n) is 8.05. The Hall–Kier alpha value is -3.13. The maximum absolute atomic E-state index is 14.0. The van der Waals surface area contributed by atoms with E-state index >= 15 is 0 Å². The van der Waals surface area contributed by atoms with Crippen LogP contribution in [0, 0.1) is 19.7 Å². The van der Waals surface area contributed by atoms with Gasteiger partial charge in [0.2, 0.25) is 0 Å². The van der Waals surface area contributed by atoms with E-state index in [4.69, 9.17) is 0 Å². The average Bonchev–Trinajstić information content (AvgIpc) is 2.64. The molecule has 0 radical (unpaired) electrons. The normalized spacial score (nSPS) is 11.7. The molecule has 0 fully saturated rings. The topological polar surface area (TPSA) is 84.3 Å². The van der Waals surface area contributed by atoms with Crippen LogP contribution in [0.15, 0.2) is 65.0 Å². The zero-order valence-electron chi connectivity index (χ0n) is 14.7. The summed E-state index contributed by atoms with van der Waals surface area (Å²) in [5.74, 6) is -0.462. The number of hydrogen-bond acceptors (Lipinski definition) is 5. The van der Waals surface area contributed by atoms with Crippen molar-refractivity contribution in [1.29, 1.82) is 0 Å². The lowest BCUT2D eigenvalue weighted by molar-refractivity contribution is 0.584. The summed E-state index contributed by atoms with van der Waals surface area (Å²) in [6.45, 7) is 3.64. The zero-order chi connectivity index (χ0) is 19.4. The van der Waals surface area contributed by atoms with Gasteiger partial charge in [-0.3, -0.25) is 9.97 Å². The minimum Gasteiger partial charge on any atom is -0.263 e. The molecule has 0 saturated carbocycles. The average molecular weight is 384 g/mol. The van der Waals surface area contributed by atoms with Crippen LogP contribution in [0.4, 0.5) is 4.39 Å². The number of pyridine rings is 2. The smallest absolute Gasteiger partial charge is 0.263 e. The maximum atomic E-state index is 14.0. The van der Waals surface area contributed by atoms with Crippen molar-refractivity contribution in [3.05, 3.63) is 77.5 Å². The molecule has 0 unspecified atom stereocenters. The van der Waals surface area contributed by atoms with E-state index in [-0.39, 0.29) is 10.6 Å². The van der Waals surface area contributed by atoms with Crippen molar-refractivity contribution >= 4 is 16.2 Å². The van der Waals surface area contributed by atoms with Crippen LogP contribution in [0.25, 0.3) is 11.3 Å². The van der Waals surface area contributed by atoms with Crippen molar-refractivity contribution in [2.24, 2.45) is 5.10 Å². The van der Waals surface area contributed by atoms with E-state index in [1.165, 1.54) is 49.1 Å². The van der Waals surface area contributed by atoms with E-state index in [2.05, 4.69) is 19.9 Å². The number of rotatable bonds is 5. The van der Waals surface area contributed by atoms with E-state index in [0.29, 0.717) is 16.7 Å². The molecule has 27 heavy (non-hydrogen) atoms. The lowest BCUT2D eigenvalue weighted by Gasteiger charge is -2.08. The van der Waals surface area contributed by atoms with Crippen molar-refractivity contribution in [1.82, 2.24) is 14.8 Å². The SMILES string of the molecule is Cc1ccc(S(=O)(=O)N/N=C/c2cncc(-c3ncccc3F)c2C)cc1. The fourth-order valence-electron chi connectivity index (χ4n) is 2.43. The van der Waals surface area contributed by atoms with E-state index in [1.807, 2.05) is 6.92 Å². The molecule has 6 nitrogen and oxygen atoms in total. The molecular weight excluding hydrogens is 367 g/mol. The molecule has 2 heterocycles. The second kappa shape index (κ2) is 7.63. The summed E-state index contributed by atoms with van der Waals surface area (Å²) in [4.78, 5) is 10.4. The van der Waals surface area contributed by atoms with E-state index in [9.17, 15) is 12.8 Å². The molecule has 0 aliphatic rings. The third kappa shape index (κ3) is 4.17. The monoisotopic (exact) mass is 384 g/mol. The molecule has 0 atom stereocenters. The Balaban J connectivity index is 1.85. The maximum Gasteiger partial charge on any atom is 0.276 e. The van der Waals surface area contributed by atoms with Gasteiger partial charge in [0.15, 0.2) is 0 Å². The van der Waals surface area contributed by atoms with Crippen molar-refractivity contribution in [3.63, 3.8) is 0 Å². The molecule has 3 rings (SSSR count). The summed E-state index contributed by atoms with van der Waals surface area (Å²) in [7, 11) is -3.77. The standard InChI is InChI=1S/C19H17FN4O2S/c1-13-5-7-16(8-6-13)27(25,26)24-23-11-15-10-21-12-17(14(15)2)19-18(20)4-3-9-22-19/h3-12,24H,1-2H3/b23-11+. The number of hydrazone groups is 1. The number of benzene rings is 1. The molecular formula is C19H17FN4O2S. The Bertz CT molecular complexity index is 1100. The number of nitrogens with zero attached hydrogens (tertiary/aromatic N) is 3. The van der Waals surface area contributed by atoms with Crippen molar-refractivity contribution < 1.29 is 12.8 Å². The quantitative estimate of drug-likeness (QED) is 0.541. The molecule has 0 aliphatic carbocycles. The lowest BCUT2D eigenvalue weighted by atomic mass is 10.0. The van der Waals surface area contributed by atoms with Crippen LogP contribution in [0.3, 0.4) is 0 Å². The Labute approximate surface area is 156 Å². The Morgan fingerprint density at radius 2 is 1.85 bits per heavy atom. The van der Waals surface area contributed by atoms with Crippen LogP contribution in [0.5, 0.6) is 0 Å². The third-order valence-electron chi connectivity index (χ3n) is 3.98. The molecule has 3 aromatic rings. The second-order valence-electron chi connectivity index (χ2n) is 5.90. The first-order chi connectivity index (χ1) is 12.9. The zero-order valence-corrected chi connectivity index (χ0v) is 15.5. The number of aryl methyl sites for hydroxylation is 1. The number of hydrogen-bond donors (Lipinski definition) is 1. The van der Waals surface area contributed by atoms with E-state index in [0.717, 1.165) is 5.56 Å².